The van der Waals surface area contributed by atoms with Crippen LogP contribution in [0.25, 0.3) is 11.1 Å². The number of nitrogens with two attached hydrogens (primary N) is 1. The Morgan fingerprint density at radius 3 is 2.12 bits per heavy atom. The molecule has 0 aliphatic heterocycles. The van der Waals surface area contributed by atoms with E-state index in [1.54, 1.807) is 0 Å². The maximum atomic E-state index is 12.4. The molecule has 5 N–H and O–H groups in total. The van der Waals surface area contributed by atoms with Gasteiger partial charge in [0.05, 0.1) is 0 Å². The van der Waals surface area contributed by atoms with Gasteiger partial charge in [-0.1, -0.05) is 48.5 Å². The minimum atomic E-state index is -1.05. The molecule has 1 aliphatic rings. The topological polar surface area (TPSA) is 114 Å². The molecule has 1 aliphatic carbocycles. The number of hydrogen-bond donors (Lipinski definition) is 4. The first-order valence-corrected chi connectivity index (χ1v) is 11.4. The van der Waals surface area contributed by atoms with Crippen LogP contribution in [-0.4, -0.2) is 49.5 Å². The van der Waals surface area contributed by atoms with Crippen molar-refractivity contribution < 1.29 is 19.4 Å². The van der Waals surface area contributed by atoms with Gasteiger partial charge < -0.3 is 26.2 Å². The van der Waals surface area contributed by atoms with Crippen LogP contribution in [0.4, 0.5) is 4.79 Å². The molecule has 0 saturated heterocycles. The molecule has 2 aromatic carbocycles. The zero-order chi connectivity index (χ0) is 22.8. The smallest absolute Gasteiger partial charge is 0.407 e. The molecular formula is C25H33N3O4. The summed E-state index contributed by atoms with van der Waals surface area (Å²) in [5.74, 6) is -1.10. The summed E-state index contributed by atoms with van der Waals surface area (Å²) < 4.78 is 5.47. The van der Waals surface area contributed by atoms with Gasteiger partial charge in [-0.05, 0) is 74.0 Å². The first-order valence-electron chi connectivity index (χ1n) is 11.4. The van der Waals surface area contributed by atoms with Crippen LogP contribution in [0.2, 0.25) is 0 Å². The Hall–Kier alpha value is -2.90. The van der Waals surface area contributed by atoms with Crippen LogP contribution in [0.15, 0.2) is 48.5 Å². The molecular weight excluding hydrogens is 406 g/mol. The number of alkyl carbamates (subject to hydrolysis) is 1. The lowest BCUT2D eigenvalue weighted by Gasteiger charge is -2.17. The second-order valence-corrected chi connectivity index (χ2v) is 8.10. The third-order valence-electron chi connectivity index (χ3n) is 5.84. The highest BCUT2D eigenvalue weighted by Gasteiger charge is 2.29. The second-order valence-electron chi connectivity index (χ2n) is 8.10. The molecule has 1 atom stereocenters. The number of amides is 1. The number of carboxylic acid groups (broad SMARTS) is 1. The second kappa shape index (κ2) is 12.2. The molecule has 7 heteroatoms. The van der Waals surface area contributed by atoms with E-state index in [4.69, 9.17) is 10.5 Å². The zero-order valence-corrected chi connectivity index (χ0v) is 18.4. The average Bonchev–Trinajstić information content (AvgIpc) is 3.12. The number of aliphatic carboxylic acids is 1. The van der Waals surface area contributed by atoms with Crippen LogP contribution in [0.5, 0.6) is 0 Å². The van der Waals surface area contributed by atoms with Gasteiger partial charge in [0.15, 0.2) is 0 Å². The van der Waals surface area contributed by atoms with E-state index in [2.05, 4.69) is 22.8 Å². The van der Waals surface area contributed by atoms with Crippen molar-refractivity contribution in [1.82, 2.24) is 10.6 Å². The Morgan fingerprint density at radius 1 is 0.938 bits per heavy atom. The Bertz CT molecular complexity index is 857. The minimum Gasteiger partial charge on any atom is -0.480 e. The van der Waals surface area contributed by atoms with Gasteiger partial charge in [0.2, 0.25) is 0 Å². The standard InChI is InChI=1S/C25H33N3O4/c26-14-6-8-16-27-15-7-5-13-23(24(29)30)28-25(31)32-17-22-20-11-3-1-9-18(20)19-10-2-4-12-21(19)22/h1-4,9-12,22-23,27H,5-8,13-17,26H2,(H,28,31)(H,29,30)/t23-/m0/s1. The zero-order valence-electron chi connectivity index (χ0n) is 18.4. The molecule has 0 unspecified atom stereocenters. The van der Waals surface area contributed by atoms with Gasteiger partial charge in [-0.15, -0.1) is 0 Å². The van der Waals surface area contributed by atoms with Gasteiger partial charge in [0, 0.05) is 5.92 Å². The average molecular weight is 440 g/mol. The number of hydrogen-bond acceptors (Lipinski definition) is 5. The first-order chi connectivity index (χ1) is 15.6. The van der Waals surface area contributed by atoms with E-state index in [0.717, 1.165) is 54.6 Å². The number of benzene rings is 2. The summed E-state index contributed by atoms with van der Waals surface area (Å²) in [6.45, 7) is 2.60. The summed E-state index contributed by atoms with van der Waals surface area (Å²) >= 11 is 0. The van der Waals surface area contributed by atoms with Crippen molar-refractivity contribution in [3.63, 3.8) is 0 Å². The summed E-state index contributed by atoms with van der Waals surface area (Å²) in [7, 11) is 0. The van der Waals surface area contributed by atoms with Gasteiger partial charge in [-0.2, -0.15) is 0 Å². The normalized spacial score (nSPS) is 13.3. The van der Waals surface area contributed by atoms with Crippen LogP contribution in [0, 0.1) is 0 Å². The fraction of sp³-hybridized carbons (Fsp3) is 0.440. The molecule has 32 heavy (non-hydrogen) atoms. The molecule has 3 rings (SSSR count). The van der Waals surface area contributed by atoms with Gasteiger partial charge in [-0.25, -0.2) is 9.59 Å². The van der Waals surface area contributed by atoms with Gasteiger partial charge >= 0.3 is 12.1 Å². The molecule has 0 radical (unpaired) electrons. The summed E-state index contributed by atoms with van der Waals surface area (Å²) in [4.78, 5) is 23.9. The van der Waals surface area contributed by atoms with Crippen molar-refractivity contribution in [2.75, 3.05) is 26.2 Å². The largest absolute Gasteiger partial charge is 0.480 e. The van der Waals surface area contributed by atoms with Crippen LogP contribution < -0.4 is 16.4 Å². The third-order valence-corrected chi connectivity index (χ3v) is 5.84. The van der Waals surface area contributed by atoms with E-state index in [1.807, 2.05) is 36.4 Å². The summed E-state index contributed by atoms with van der Waals surface area (Å²) in [6, 6.07) is 15.2. The summed E-state index contributed by atoms with van der Waals surface area (Å²) in [5, 5.41) is 15.3. The van der Waals surface area contributed by atoms with E-state index >= 15 is 0 Å². The first kappa shape index (κ1) is 23.8. The lowest BCUT2D eigenvalue weighted by atomic mass is 9.98. The Balaban J connectivity index is 1.45. The molecule has 0 fully saturated rings. The highest BCUT2D eigenvalue weighted by Crippen LogP contribution is 2.44. The number of unbranched alkanes of at least 4 members (excludes halogenated alkanes) is 2. The number of nitrogens with one attached hydrogen (secondary N) is 2. The van der Waals surface area contributed by atoms with Crippen molar-refractivity contribution in [1.29, 1.82) is 0 Å². The molecule has 2 aromatic rings. The van der Waals surface area contributed by atoms with Gasteiger partial charge in [-0.3, -0.25) is 0 Å². The van der Waals surface area contributed by atoms with Crippen LogP contribution in [-0.2, 0) is 9.53 Å². The highest BCUT2D eigenvalue weighted by molar-refractivity contribution is 5.81. The van der Waals surface area contributed by atoms with Crippen LogP contribution in [0.1, 0.15) is 49.1 Å². The van der Waals surface area contributed by atoms with Crippen LogP contribution >= 0.6 is 0 Å². The SMILES string of the molecule is NCCCCNCCCC[C@H](NC(=O)OCC1c2ccccc2-c2ccccc21)C(=O)O. The number of carbonyl (C=O) groups is 2. The van der Waals surface area contributed by atoms with Crippen LogP contribution in [0.3, 0.4) is 0 Å². The van der Waals surface area contributed by atoms with Crippen molar-refractivity contribution in [3.8, 4) is 11.1 Å². The molecule has 1 amide bonds. The number of rotatable bonds is 13. The molecule has 7 nitrogen and oxygen atoms in total. The van der Waals surface area contributed by atoms with E-state index in [9.17, 15) is 14.7 Å². The Morgan fingerprint density at radius 2 is 1.53 bits per heavy atom. The van der Waals surface area contributed by atoms with E-state index in [-0.39, 0.29) is 12.5 Å². The number of carboxylic acids is 1. The monoisotopic (exact) mass is 439 g/mol. The fourth-order valence-electron chi connectivity index (χ4n) is 4.16. The minimum absolute atomic E-state index is 0.0539. The highest BCUT2D eigenvalue weighted by atomic mass is 16.5. The molecule has 0 saturated carbocycles. The lowest BCUT2D eigenvalue weighted by molar-refractivity contribution is -0.139. The maximum absolute atomic E-state index is 12.4. The predicted molar refractivity (Wildman–Crippen MR) is 125 cm³/mol. The fourth-order valence-corrected chi connectivity index (χ4v) is 4.16. The van der Waals surface area contributed by atoms with Crippen molar-refractivity contribution in [3.05, 3.63) is 59.7 Å². The lowest BCUT2D eigenvalue weighted by Crippen LogP contribution is -2.41. The quantitative estimate of drug-likeness (QED) is 0.355. The predicted octanol–water partition coefficient (Wildman–Crippen LogP) is 3.48. The summed E-state index contributed by atoms with van der Waals surface area (Å²) in [6.07, 6.45) is 3.25. The Labute approximate surface area is 189 Å². The van der Waals surface area contributed by atoms with Crippen molar-refractivity contribution >= 4 is 12.1 Å². The van der Waals surface area contributed by atoms with Crippen molar-refractivity contribution in [2.45, 2.75) is 44.1 Å². The number of ether oxygens (including phenoxy) is 1. The van der Waals surface area contributed by atoms with E-state index < -0.39 is 18.1 Å². The number of carbonyl (C=O) groups excluding carboxylic acids is 1. The third kappa shape index (κ3) is 6.31. The van der Waals surface area contributed by atoms with E-state index in [0.29, 0.717) is 19.4 Å². The molecule has 0 aromatic heterocycles. The maximum Gasteiger partial charge on any atom is 0.407 e. The Kier molecular flexibility index (Phi) is 9.07. The van der Waals surface area contributed by atoms with Gasteiger partial charge in [0.25, 0.3) is 0 Å². The van der Waals surface area contributed by atoms with Crippen molar-refractivity contribution in [2.24, 2.45) is 5.73 Å². The molecule has 0 bridgehead atoms. The molecule has 0 heterocycles. The van der Waals surface area contributed by atoms with Gasteiger partial charge in [0.1, 0.15) is 12.6 Å². The molecule has 0 spiro atoms. The molecule has 172 valence electrons. The van der Waals surface area contributed by atoms with E-state index in [1.165, 1.54) is 0 Å². The summed E-state index contributed by atoms with van der Waals surface area (Å²) in [5.41, 5.74) is 10.0. The number of fused-ring (bicyclic) bond motifs is 3.